The molecule has 1 amide bonds. The summed E-state index contributed by atoms with van der Waals surface area (Å²) in [6.45, 7) is 3.65. The van der Waals surface area contributed by atoms with Gasteiger partial charge in [0.25, 0.3) is 5.91 Å². The van der Waals surface area contributed by atoms with E-state index in [2.05, 4.69) is 20.5 Å². The molecule has 2 heterocycles. The number of nitrogens with zero attached hydrogens (tertiary/aromatic N) is 2. The number of Topliss-reactive ketones (excluding diaryl/α,β-unsaturated/α-hetero) is 1. The number of carbonyl (C=O) groups is 2. The quantitative estimate of drug-likeness (QED) is 0.512. The summed E-state index contributed by atoms with van der Waals surface area (Å²) in [5.41, 5.74) is 5.41. The van der Waals surface area contributed by atoms with Crippen molar-refractivity contribution in [3.8, 4) is 22.7 Å². The van der Waals surface area contributed by atoms with Gasteiger partial charge in [0, 0.05) is 23.9 Å². The summed E-state index contributed by atoms with van der Waals surface area (Å²) in [4.78, 5) is 27.7. The van der Waals surface area contributed by atoms with Crippen LogP contribution in [0.1, 0.15) is 18.9 Å². The van der Waals surface area contributed by atoms with E-state index in [0.717, 1.165) is 27.8 Å². The Morgan fingerprint density at radius 2 is 1.93 bits per heavy atom. The second-order valence-corrected chi connectivity index (χ2v) is 6.45. The predicted octanol–water partition coefficient (Wildman–Crippen LogP) is 4.11. The van der Waals surface area contributed by atoms with Crippen LogP contribution < -0.4 is 5.32 Å². The Morgan fingerprint density at radius 1 is 1.14 bits per heavy atom. The lowest BCUT2D eigenvalue weighted by atomic mass is 10.1. The second-order valence-electron chi connectivity index (χ2n) is 6.45. The highest BCUT2D eigenvalue weighted by atomic mass is 16.3. The van der Waals surface area contributed by atoms with E-state index in [1.54, 1.807) is 25.3 Å². The molecule has 0 aliphatic carbocycles. The molecule has 4 rings (SSSR count). The van der Waals surface area contributed by atoms with Gasteiger partial charge in [-0.3, -0.25) is 14.7 Å². The lowest BCUT2D eigenvalue weighted by molar-refractivity contribution is -0.134. The van der Waals surface area contributed by atoms with Gasteiger partial charge in [-0.25, -0.2) is 4.98 Å². The lowest BCUT2D eigenvalue weighted by Crippen LogP contribution is -2.21. The number of oxazole rings is 1. The molecule has 4 aromatic rings. The highest BCUT2D eigenvalue weighted by molar-refractivity contribution is 6.40. The van der Waals surface area contributed by atoms with Crippen LogP contribution in [0.4, 0.5) is 5.69 Å². The fraction of sp³-hybridized carbons (Fsp3) is 0.143. The maximum atomic E-state index is 11.7. The molecule has 140 valence electrons. The van der Waals surface area contributed by atoms with Crippen molar-refractivity contribution in [2.45, 2.75) is 20.3 Å². The van der Waals surface area contributed by atoms with Gasteiger partial charge in [0.1, 0.15) is 11.2 Å². The number of benzene rings is 2. The molecule has 2 N–H and O–H groups in total. The Morgan fingerprint density at radius 3 is 2.68 bits per heavy atom. The van der Waals surface area contributed by atoms with Crippen LogP contribution in [0.3, 0.4) is 0 Å². The summed E-state index contributed by atoms with van der Waals surface area (Å²) in [5, 5.41) is 9.76. The molecule has 2 aromatic heterocycles. The number of hydrogen-bond donors (Lipinski definition) is 2. The van der Waals surface area contributed by atoms with Gasteiger partial charge in [-0.05, 0) is 36.8 Å². The van der Waals surface area contributed by atoms with Crippen molar-refractivity contribution in [3.63, 3.8) is 0 Å². The largest absolute Gasteiger partial charge is 0.436 e. The van der Waals surface area contributed by atoms with E-state index < -0.39 is 11.7 Å². The number of aryl methyl sites for hydroxylation is 1. The SMILES string of the molecule is CCC(=O)C(=O)Nc1ccc(-c2n[nH]cc2-c2nc3ccc(C)cc3o2)cc1. The number of ketones is 1. The van der Waals surface area contributed by atoms with Gasteiger partial charge in [0.15, 0.2) is 5.58 Å². The third kappa shape index (κ3) is 3.29. The summed E-state index contributed by atoms with van der Waals surface area (Å²) >= 11 is 0. The molecular formula is C21H18N4O3. The third-order valence-electron chi connectivity index (χ3n) is 4.41. The first kappa shape index (κ1) is 17.7. The number of rotatable bonds is 5. The van der Waals surface area contributed by atoms with Crippen LogP contribution >= 0.6 is 0 Å². The average molecular weight is 374 g/mol. The molecule has 0 unspecified atom stereocenters. The van der Waals surface area contributed by atoms with Crippen molar-refractivity contribution in [1.29, 1.82) is 0 Å². The van der Waals surface area contributed by atoms with Crippen molar-refractivity contribution < 1.29 is 14.0 Å². The summed E-state index contributed by atoms with van der Waals surface area (Å²) in [6, 6.07) is 12.9. The van der Waals surface area contributed by atoms with Gasteiger partial charge in [-0.1, -0.05) is 25.1 Å². The van der Waals surface area contributed by atoms with Gasteiger partial charge in [-0.15, -0.1) is 0 Å². The van der Waals surface area contributed by atoms with E-state index >= 15 is 0 Å². The maximum Gasteiger partial charge on any atom is 0.291 e. The molecule has 28 heavy (non-hydrogen) atoms. The zero-order valence-corrected chi connectivity index (χ0v) is 15.4. The Balaban J connectivity index is 1.63. The van der Waals surface area contributed by atoms with Crippen LogP contribution in [0.15, 0.2) is 53.1 Å². The van der Waals surface area contributed by atoms with E-state index in [1.165, 1.54) is 0 Å². The second kappa shape index (κ2) is 7.11. The number of fused-ring (bicyclic) bond motifs is 1. The third-order valence-corrected chi connectivity index (χ3v) is 4.41. The van der Waals surface area contributed by atoms with Crippen LogP contribution in [-0.4, -0.2) is 26.9 Å². The molecule has 0 fully saturated rings. The first-order valence-electron chi connectivity index (χ1n) is 8.91. The summed E-state index contributed by atoms with van der Waals surface area (Å²) in [7, 11) is 0. The summed E-state index contributed by atoms with van der Waals surface area (Å²) in [6.07, 6.45) is 1.91. The minimum Gasteiger partial charge on any atom is -0.436 e. The topological polar surface area (TPSA) is 101 Å². The van der Waals surface area contributed by atoms with Gasteiger partial charge in [0.2, 0.25) is 11.7 Å². The Labute approximate surface area is 160 Å². The minimum absolute atomic E-state index is 0.171. The van der Waals surface area contributed by atoms with Crippen LogP contribution in [0, 0.1) is 6.92 Å². The van der Waals surface area contributed by atoms with Crippen LogP contribution in [0.2, 0.25) is 0 Å². The minimum atomic E-state index is -0.613. The first-order valence-corrected chi connectivity index (χ1v) is 8.91. The average Bonchev–Trinajstić information content (AvgIpc) is 3.34. The smallest absolute Gasteiger partial charge is 0.291 e. The van der Waals surface area contributed by atoms with Crippen molar-refractivity contribution >= 4 is 28.5 Å². The number of nitrogens with one attached hydrogen (secondary N) is 2. The molecule has 0 bridgehead atoms. The standard InChI is InChI=1S/C21H18N4O3/c1-3-17(26)20(27)23-14-7-5-13(6-8-14)19-15(11-22-25-19)21-24-16-9-4-12(2)10-18(16)28-21/h4-11H,3H2,1-2H3,(H,22,25)(H,23,27). The van der Waals surface area contributed by atoms with Gasteiger partial charge >= 0.3 is 0 Å². The molecular weight excluding hydrogens is 356 g/mol. The zero-order chi connectivity index (χ0) is 19.7. The molecule has 0 aliphatic rings. The van der Waals surface area contributed by atoms with Gasteiger partial charge in [0.05, 0.1) is 5.56 Å². The van der Waals surface area contributed by atoms with E-state index in [-0.39, 0.29) is 6.42 Å². The summed E-state index contributed by atoms with van der Waals surface area (Å²) < 4.78 is 5.90. The van der Waals surface area contributed by atoms with Crippen LogP contribution in [0.25, 0.3) is 33.8 Å². The molecule has 7 heteroatoms. The number of anilines is 1. The van der Waals surface area contributed by atoms with E-state index in [1.807, 2.05) is 37.3 Å². The fourth-order valence-corrected chi connectivity index (χ4v) is 2.89. The Hall–Kier alpha value is -3.74. The number of hydrogen-bond acceptors (Lipinski definition) is 5. The normalized spacial score (nSPS) is 10.9. The molecule has 2 aromatic carbocycles. The number of amides is 1. The number of aromatic amines is 1. The number of aromatic nitrogens is 3. The number of carbonyl (C=O) groups excluding carboxylic acids is 2. The van der Waals surface area contributed by atoms with E-state index in [4.69, 9.17) is 4.42 Å². The molecule has 0 saturated carbocycles. The lowest BCUT2D eigenvalue weighted by Gasteiger charge is -2.05. The zero-order valence-electron chi connectivity index (χ0n) is 15.4. The molecule has 0 saturated heterocycles. The molecule has 0 spiro atoms. The highest BCUT2D eigenvalue weighted by Crippen LogP contribution is 2.32. The van der Waals surface area contributed by atoms with E-state index in [0.29, 0.717) is 17.3 Å². The maximum absolute atomic E-state index is 11.7. The highest BCUT2D eigenvalue weighted by Gasteiger charge is 2.17. The molecule has 0 radical (unpaired) electrons. The van der Waals surface area contributed by atoms with Crippen molar-refractivity contribution in [3.05, 3.63) is 54.2 Å². The van der Waals surface area contributed by atoms with Crippen molar-refractivity contribution in [1.82, 2.24) is 15.2 Å². The molecule has 7 nitrogen and oxygen atoms in total. The Kier molecular flexibility index (Phi) is 4.49. The molecule has 0 aliphatic heterocycles. The van der Waals surface area contributed by atoms with Crippen LogP contribution in [-0.2, 0) is 9.59 Å². The van der Waals surface area contributed by atoms with Crippen molar-refractivity contribution in [2.24, 2.45) is 0 Å². The van der Waals surface area contributed by atoms with E-state index in [9.17, 15) is 9.59 Å². The summed E-state index contributed by atoms with van der Waals surface area (Å²) in [5.74, 6) is -0.586. The van der Waals surface area contributed by atoms with Gasteiger partial charge < -0.3 is 9.73 Å². The monoisotopic (exact) mass is 374 g/mol. The number of H-pyrrole nitrogens is 1. The first-order chi connectivity index (χ1) is 13.5. The fourth-order valence-electron chi connectivity index (χ4n) is 2.89. The molecule has 0 atom stereocenters. The Bertz CT molecular complexity index is 1170. The van der Waals surface area contributed by atoms with Crippen molar-refractivity contribution in [2.75, 3.05) is 5.32 Å². The predicted molar refractivity (Wildman–Crippen MR) is 106 cm³/mol. The van der Waals surface area contributed by atoms with Crippen LogP contribution in [0.5, 0.6) is 0 Å². The van der Waals surface area contributed by atoms with Gasteiger partial charge in [-0.2, -0.15) is 5.10 Å².